The van der Waals surface area contributed by atoms with Crippen LogP contribution in [0.25, 0.3) is 0 Å². The number of aryl methyl sites for hydroxylation is 1. The Kier molecular flexibility index (Phi) is 5.68. The molecule has 0 fully saturated rings. The van der Waals surface area contributed by atoms with Crippen molar-refractivity contribution in [3.63, 3.8) is 0 Å². The van der Waals surface area contributed by atoms with Crippen molar-refractivity contribution in [3.8, 4) is 5.75 Å². The van der Waals surface area contributed by atoms with Gasteiger partial charge in [-0.05, 0) is 44.7 Å². The van der Waals surface area contributed by atoms with Crippen molar-refractivity contribution in [3.05, 3.63) is 62.6 Å². The molecule has 0 heterocycles. The number of hydrogen-bond donors (Lipinski definition) is 1. The standard InChI is InChI=1S/C17H19BrClNO/c1-4-21-16-8-5-11(2)9-14(16)17(20-3)13-7-6-12(19)10-15(13)18/h5-10,17,20H,4H2,1-3H3. The Bertz CT molecular complexity index is 630. The Morgan fingerprint density at radius 3 is 2.57 bits per heavy atom. The van der Waals surface area contributed by atoms with Crippen LogP contribution in [0.15, 0.2) is 40.9 Å². The summed E-state index contributed by atoms with van der Waals surface area (Å²) in [7, 11) is 1.95. The van der Waals surface area contributed by atoms with Crippen molar-refractivity contribution in [2.75, 3.05) is 13.7 Å². The van der Waals surface area contributed by atoms with Crippen LogP contribution in [-0.2, 0) is 0 Å². The Morgan fingerprint density at radius 2 is 1.95 bits per heavy atom. The number of ether oxygens (including phenoxy) is 1. The van der Waals surface area contributed by atoms with Crippen LogP contribution >= 0.6 is 27.5 Å². The second-order valence-corrected chi connectivity index (χ2v) is 6.15. The molecule has 0 saturated heterocycles. The number of halogens is 2. The molecule has 21 heavy (non-hydrogen) atoms. The van der Waals surface area contributed by atoms with Crippen molar-refractivity contribution in [2.24, 2.45) is 0 Å². The molecule has 0 aliphatic carbocycles. The lowest BCUT2D eigenvalue weighted by Crippen LogP contribution is -2.19. The van der Waals surface area contributed by atoms with E-state index in [1.807, 2.05) is 38.2 Å². The number of benzene rings is 2. The fourth-order valence-electron chi connectivity index (χ4n) is 2.39. The Hall–Kier alpha value is -1.03. The molecule has 1 unspecified atom stereocenters. The van der Waals surface area contributed by atoms with Crippen LogP contribution in [0.4, 0.5) is 0 Å². The summed E-state index contributed by atoms with van der Waals surface area (Å²) in [6.45, 7) is 4.73. The second-order valence-electron chi connectivity index (χ2n) is 4.86. The van der Waals surface area contributed by atoms with Gasteiger partial charge < -0.3 is 10.1 Å². The van der Waals surface area contributed by atoms with Gasteiger partial charge >= 0.3 is 0 Å². The zero-order valence-corrected chi connectivity index (χ0v) is 14.8. The predicted molar refractivity (Wildman–Crippen MR) is 92.4 cm³/mol. The van der Waals surface area contributed by atoms with E-state index >= 15 is 0 Å². The second kappa shape index (κ2) is 7.30. The van der Waals surface area contributed by atoms with Crippen LogP contribution in [-0.4, -0.2) is 13.7 Å². The third-order valence-corrected chi connectivity index (χ3v) is 4.26. The van der Waals surface area contributed by atoms with E-state index in [9.17, 15) is 0 Å². The summed E-state index contributed by atoms with van der Waals surface area (Å²) in [5, 5.41) is 4.09. The highest BCUT2D eigenvalue weighted by molar-refractivity contribution is 9.10. The molecule has 0 amide bonds. The van der Waals surface area contributed by atoms with E-state index in [1.165, 1.54) is 5.56 Å². The summed E-state index contributed by atoms with van der Waals surface area (Å²) in [5.74, 6) is 0.907. The molecule has 0 aliphatic heterocycles. The fourth-order valence-corrected chi connectivity index (χ4v) is 3.31. The smallest absolute Gasteiger partial charge is 0.124 e. The van der Waals surface area contributed by atoms with Crippen molar-refractivity contribution in [1.29, 1.82) is 0 Å². The molecule has 0 radical (unpaired) electrons. The lowest BCUT2D eigenvalue weighted by atomic mass is 9.96. The largest absolute Gasteiger partial charge is 0.494 e. The topological polar surface area (TPSA) is 21.3 Å². The highest BCUT2D eigenvalue weighted by atomic mass is 79.9. The third kappa shape index (κ3) is 3.79. The van der Waals surface area contributed by atoms with Crippen LogP contribution in [0.5, 0.6) is 5.75 Å². The van der Waals surface area contributed by atoms with Crippen LogP contribution in [0.1, 0.15) is 29.7 Å². The maximum atomic E-state index is 6.04. The van der Waals surface area contributed by atoms with Gasteiger partial charge in [-0.25, -0.2) is 0 Å². The minimum Gasteiger partial charge on any atom is -0.494 e. The van der Waals surface area contributed by atoms with E-state index < -0.39 is 0 Å². The zero-order valence-electron chi connectivity index (χ0n) is 12.4. The molecule has 0 bridgehead atoms. The molecular formula is C17H19BrClNO. The molecule has 0 saturated carbocycles. The normalized spacial score (nSPS) is 12.2. The summed E-state index contributed by atoms with van der Waals surface area (Å²) in [6.07, 6.45) is 0. The van der Waals surface area contributed by atoms with E-state index in [4.69, 9.17) is 16.3 Å². The fraction of sp³-hybridized carbons (Fsp3) is 0.294. The first-order chi connectivity index (χ1) is 10.1. The maximum Gasteiger partial charge on any atom is 0.124 e. The summed E-state index contributed by atoms with van der Waals surface area (Å²) in [5.41, 5.74) is 3.47. The lowest BCUT2D eigenvalue weighted by molar-refractivity contribution is 0.334. The molecule has 4 heteroatoms. The number of hydrogen-bond acceptors (Lipinski definition) is 2. The highest BCUT2D eigenvalue weighted by Gasteiger charge is 2.19. The van der Waals surface area contributed by atoms with Crippen LogP contribution < -0.4 is 10.1 Å². The first-order valence-corrected chi connectivity index (χ1v) is 8.09. The maximum absolute atomic E-state index is 6.04. The van der Waals surface area contributed by atoms with Gasteiger partial charge in [0.15, 0.2) is 0 Å². The molecule has 1 N–H and O–H groups in total. The first-order valence-electron chi connectivity index (χ1n) is 6.92. The summed E-state index contributed by atoms with van der Waals surface area (Å²) in [6, 6.07) is 12.1. The SMILES string of the molecule is CCOc1ccc(C)cc1C(NC)c1ccc(Cl)cc1Br. The van der Waals surface area contributed by atoms with Crippen molar-refractivity contribution in [1.82, 2.24) is 5.32 Å². The van der Waals surface area contributed by atoms with Crippen LogP contribution in [0, 0.1) is 6.92 Å². The van der Waals surface area contributed by atoms with Crippen LogP contribution in [0.2, 0.25) is 5.02 Å². The van der Waals surface area contributed by atoms with Gasteiger partial charge in [-0.2, -0.15) is 0 Å². The highest BCUT2D eigenvalue weighted by Crippen LogP contribution is 2.35. The minimum atomic E-state index is 0.0399. The van der Waals surface area contributed by atoms with Gasteiger partial charge in [-0.1, -0.05) is 51.3 Å². The van der Waals surface area contributed by atoms with E-state index in [0.29, 0.717) is 6.61 Å². The van der Waals surface area contributed by atoms with Crippen LogP contribution in [0.3, 0.4) is 0 Å². The van der Waals surface area contributed by atoms with E-state index in [1.54, 1.807) is 0 Å². The molecule has 2 rings (SSSR count). The molecule has 2 nitrogen and oxygen atoms in total. The third-order valence-electron chi connectivity index (χ3n) is 3.34. The van der Waals surface area contributed by atoms with Gasteiger partial charge in [0.05, 0.1) is 12.6 Å². The van der Waals surface area contributed by atoms with E-state index in [-0.39, 0.29) is 6.04 Å². The molecular weight excluding hydrogens is 350 g/mol. The van der Waals surface area contributed by atoms with Gasteiger partial charge in [0.2, 0.25) is 0 Å². The average Bonchev–Trinajstić information content (AvgIpc) is 2.45. The Labute approximate surface area is 139 Å². The van der Waals surface area contributed by atoms with Crippen molar-refractivity contribution < 1.29 is 4.74 Å². The predicted octanol–water partition coefficient (Wildman–Crippen LogP) is 5.12. The summed E-state index contributed by atoms with van der Waals surface area (Å²) >= 11 is 9.64. The number of nitrogens with one attached hydrogen (secondary N) is 1. The molecule has 0 aromatic heterocycles. The molecule has 2 aromatic rings. The Morgan fingerprint density at radius 1 is 1.19 bits per heavy atom. The molecule has 0 spiro atoms. The first kappa shape index (κ1) is 16.3. The van der Waals surface area contributed by atoms with Gasteiger partial charge in [0, 0.05) is 15.1 Å². The van der Waals surface area contributed by atoms with Gasteiger partial charge in [-0.3, -0.25) is 0 Å². The zero-order chi connectivity index (χ0) is 15.4. The van der Waals surface area contributed by atoms with E-state index in [2.05, 4.69) is 40.3 Å². The van der Waals surface area contributed by atoms with Crippen molar-refractivity contribution in [2.45, 2.75) is 19.9 Å². The van der Waals surface area contributed by atoms with Crippen molar-refractivity contribution >= 4 is 27.5 Å². The minimum absolute atomic E-state index is 0.0399. The molecule has 0 aliphatic rings. The Balaban J connectivity index is 2.52. The quantitative estimate of drug-likeness (QED) is 0.791. The van der Waals surface area contributed by atoms with Gasteiger partial charge in [-0.15, -0.1) is 0 Å². The average molecular weight is 369 g/mol. The molecule has 2 aromatic carbocycles. The monoisotopic (exact) mass is 367 g/mol. The van der Waals surface area contributed by atoms with Gasteiger partial charge in [0.1, 0.15) is 5.75 Å². The summed E-state index contributed by atoms with van der Waals surface area (Å²) in [4.78, 5) is 0. The lowest BCUT2D eigenvalue weighted by Gasteiger charge is -2.22. The van der Waals surface area contributed by atoms with E-state index in [0.717, 1.165) is 26.4 Å². The van der Waals surface area contributed by atoms with Gasteiger partial charge in [0.25, 0.3) is 0 Å². The molecule has 112 valence electrons. The summed E-state index contributed by atoms with van der Waals surface area (Å²) < 4.78 is 6.76. The molecule has 1 atom stereocenters. The number of rotatable bonds is 5.